The second-order valence-electron chi connectivity index (χ2n) is 6.94. The van der Waals surface area contributed by atoms with Gasteiger partial charge in [-0.25, -0.2) is 18.7 Å². The number of amides is 1. The Hall–Kier alpha value is -3.61. The van der Waals surface area contributed by atoms with Gasteiger partial charge in [-0.05, 0) is 47.9 Å². The smallest absolute Gasteiger partial charge is 0.231 e. The summed E-state index contributed by atoms with van der Waals surface area (Å²) in [6, 6.07) is 8.95. The van der Waals surface area contributed by atoms with Gasteiger partial charge in [0, 0.05) is 29.6 Å². The van der Waals surface area contributed by atoms with Crippen LogP contribution in [0.25, 0.3) is 22.2 Å². The standard InChI is InChI=1S/C22H15F2N3O2/c23-16-2-3-19(24)15(8-16)9-21(28)27-6-5-14-7-13(1-4-20(14)27)18-11-29-22-17(18)10-25-12-26-22/h1-4,7-8,10-12H,5-6,9H2. The molecule has 0 saturated heterocycles. The Kier molecular flexibility index (Phi) is 4.08. The van der Waals surface area contributed by atoms with Gasteiger partial charge in [-0.2, -0.15) is 0 Å². The number of aromatic nitrogens is 2. The Labute approximate surface area is 164 Å². The van der Waals surface area contributed by atoms with Crippen LogP contribution in [0.3, 0.4) is 0 Å². The molecule has 0 spiro atoms. The number of nitrogens with zero attached hydrogens (tertiary/aromatic N) is 3. The summed E-state index contributed by atoms with van der Waals surface area (Å²) >= 11 is 0. The fourth-order valence-electron chi connectivity index (χ4n) is 3.76. The largest absolute Gasteiger partial charge is 0.445 e. The number of carbonyl (C=O) groups excluding carboxylic acids is 1. The van der Waals surface area contributed by atoms with E-state index in [0.717, 1.165) is 46.0 Å². The van der Waals surface area contributed by atoms with E-state index in [9.17, 15) is 13.6 Å². The lowest BCUT2D eigenvalue weighted by atomic mass is 10.0. The number of benzene rings is 2. The summed E-state index contributed by atoms with van der Waals surface area (Å²) in [5.74, 6) is -1.40. The highest BCUT2D eigenvalue weighted by molar-refractivity contribution is 5.98. The Morgan fingerprint density at radius 3 is 2.97 bits per heavy atom. The molecular weight excluding hydrogens is 376 g/mol. The van der Waals surface area contributed by atoms with Crippen molar-refractivity contribution in [3.8, 4) is 11.1 Å². The van der Waals surface area contributed by atoms with Gasteiger partial charge in [0.15, 0.2) is 0 Å². The maximum Gasteiger partial charge on any atom is 0.231 e. The van der Waals surface area contributed by atoms with Crippen molar-refractivity contribution in [2.75, 3.05) is 11.4 Å². The van der Waals surface area contributed by atoms with Gasteiger partial charge in [-0.3, -0.25) is 4.79 Å². The minimum atomic E-state index is -0.580. The number of anilines is 1. The molecule has 1 aliphatic rings. The normalized spacial score (nSPS) is 13.1. The highest BCUT2D eigenvalue weighted by atomic mass is 19.1. The van der Waals surface area contributed by atoms with Crippen molar-refractivity contribution >= 4 is 22.7 Å². The maximum absolute atomic E-state index is 13.9. The third kappa shape index (κ3) is 3.04. The molecule has 2 aromatic heterocycles. The van der Waals surface area contributed by atoms with E-state index in [1.54, 1.807) is 17.4 Å². The van der Waals surface area contributed by atoms with E-state index in [1.807, 2.05) is 18.2 Å². The molecule has 0 saturated carbocycles. The lowest BCUT2D eigenvalue weighted by Gasteiger charge is -2.18. The van der Waals surface area contributed by atoms with Crippen LogP contribution in [0.1, 0.15) is 11.1 Å². The van der Waals surface area contributed by atoms with Crippen LogP contribution in [0.4, 0.5) is 14.5 Å². The summed E-state index contributed by atoms with van der Waals surface area (Å²) in [4.78, 5) is 22.5. The highest BCUT2D eigenvalue weighted by Crippen LogP contribution is 2.35. The number of furan rings is 1. The summed E-state index contributed by atoms with van der Waals surface area (Å²) in [7, 11) is 0. The van der Waals surface area contributed by atoms with E-state index in [2.05, 4.69) is 9.97 Å². The molecule has 2 aromatic carbocycles. The summed E-state index contributed by atoms with van der Waals surface area (Å²) in [5, 5.41) is 0.819. The molecular formula is C22H15F2N3O2. The minimum absolute atomic E-state index is 0.0601. The Balaban J connectivity index is 1.43. The van der Waals surface area contributed by atoms with E-state index < -0.39 is 11.6 Å². The topological polar surface area (TPSA) is 59.2 Å². The first kappa shape index (κ1) is 17.5. The molecule has 0 atom stereocenters. The van der Waals surface area contributed by atoms with Crippen molar-refractivity contribution < 1.29 is 18.0 Å². The number of rotatable bonds is 3. The number of halogens is 2. The molecule has 1 aliphatic heterocycles. The predicted octanol–water partition coefficient (Wildman–Crippen LogP) is 4.30. The lowest BCUT2D eigenvalue weighted by molar-refractivity contribution is -0.117. The zero-order chi connectivity index (χ0) is 20.0. The van der Waals surface area contributed by atoms with E-state index in [4.69, 9.17) is 4.42 Å². The van der Waals surface area contributed by atoms with Crippen molar-refractivity contribution in [3.63, 3.8) is 0 Å². The second kappa shape index (κ2) is 6.77. The number of fused-ring (bicyclic) bond motifs is 2. The Bertz CT molecular complexity index is 1250. The molecule has 0 bridgehead atoms. The minimum Gasteiger partial charge on any atom is -0.445 e. The van der Waals surface area contributed by atoms with Gasteiger partial charge in [-0.15, -0.1) is 0 Å². The maximum atomic E-state index is 13.9. The molecule has 0 fully saturated rings. The van der Waals surface area contributed by atoms with Gasteiger partial charge in [-0.1, -0.05) is 6.07 Å². The van der Waals surface area contributed by atoms with Crippen LogP contribution in [0, 0.1) is 11.6 Å². The van der Waals surface area contributed by atoms with Crippen LogP contribution in [-0.2, 0) is 17.6 Å². The average molecular weight is 391 g/mol. The number of hydrogen-bond donors (Lipinski definition) is 0. The molecule has 5 rings (SSSR count). The molecule has 0 unspecified atom stereocenters. The summed E-state index contributed by atoms with van der Waals surface area (Å²) in [6.45, 7) is 0.504. The monoisotopic (exact) mass is 391 g/mol. The highest BCUT2D eigenvalue weighted by Gasteiger charge is 2.26. The molecule has 1 amide bonds. The molecule has 0 N–H and O–H groups in total. The molecule has 144 valence electrons. The zero-order valence-corrected chi connectivity index (χ0v) is 15.2. The van der Waals surface area contributed by atoms with Gasteiger partial charge in [0.25, 0.3) is 0 Å². The fourth-order valence-corrected chi connectivity index (χ4v) is 3.76. The van der Waals surface area contributed by atoms with Crippen LogP contribution in [-0.4, -0.2) is 22.4 Å². The SMILES string of the molecule is O=C(Cc1cc(F)ccc1F)N1CCc2cc(-c3coc4ncncc34)ccc21. The molecule has 0 aliphatic carbocycles. The van der Waals surface area contributed by atoms with Crippen molar-refractivity contribution in [2.45, 2.75) is 12.8 Å². The van der Waals surface area contributed by atoms with E-state index >= 15 is 0 Å². The van der Waals surface area contributed by atoms with Crippen LogP contribution >= 0.6 is 0 Å². The lowest BCUT2D eigenvalue weighted by Crippen LogP contribution is -2.30. The Morgan fingerprint density at radius 2 is 2.07 bits per heavy atom. The third-order valence-corrected chi connectivity index (χ3v) is 5.19. The molecule has 0 radical (unpaired) electrons. The number of hydrogen-bond acceptors (Lipinski definition) is 4. The molecule has 5 nitrogen and oxygen atoms in total. The first-order valence-corrected chi connectivity index (χ1v) is 9.15. The van der Waals surface area contributed by atoms with E-state index in [-0.39, 0.29) is 17.9 Å². The Morgan fingerprint density at radius 1 is 1.17 bits per heavy atom. The van der Waals surface area contributed by atoms with Crippen LogP contribution in [0.15, 0.2) is 59.6 Å². The van der Waals surface area contributed by atoms with Crippen LogP contribution in [0.2, 0.25) is 0 Å². The van der Waals surface area contributed by atoms with Gasteiger partial charge in [0.1, 0.15) is 24.2 Å². The predicted molar refractivity (Wildman–Crippen MR) is 103 cm³/mol. The van der Waals surface area contributed by atoms with Crippen molar-refractivity contribution in [2.24, 2.45) is 0 Å². The summed E-state index contributed by atoms with van der Waals surface area (Å²) in [6.07, 6.45) is 5.29. The van der Waals surface area contributed by atoms with E-state index in [1.165, 1.54) is 6.33 Å². The van der Waals surface area contributed by atoms with Crippen molar-refractivity contribution in [1.29, 1.82) is 0 Å². The average Bonchev–Trinajstić information content (AvgIpc) is 3.34. The second-order valence-corrected chi connectivity index (χ2v) is 6.94. The van der Waals surface area contributed by atoms with Gasteiger partial charge < -0.3 is 9.32 Å². The third-order valence-electron chi connectivity index (χ3n) is 5.19. The van der Waals surface area contributed by atoms with Gasteiger partial charge in [0.05, 0.1) is 11.8 Å². The van der Waals surface area contributed by atoms with E-state index in [0.29, 0.717) is 18.7 Å². The zero-order valence-electron chi connectivity index (χ0n) is 15.2. The van der Waals surface area contributed by atoms with Crippen LogP contribution < -0.4 is 4.90 Å². The van der Waals surface area contributed by atoms with Crippen molar-refractivity contribution in [1.82, 2.24) is 9.97 Å². The first-order chi connectivity index (χ1) is 14.1. The fraction of sp³-hybridized carbons (Fsp3) is 0.136. The quantitative estimate of drug-likeness (QED) is 0.523. The van der Waals surface area contributed by atoms with Crippen molar-refractivity contribution in [3.05, 3.63) is 77.9 Å². The summed E-state index contributed by atoms with van der Waals surface area (Å²) in [5.41, 5.74) is 4.22. The molecule has 7 heteroatoms. The molecule has 3 heterocycles. The number of carbonyl (C=O) groups is 1. The molecule has 29 heavy (non-hydrogen) atoms. The van der Waals surface area contributed by atoms with Gasteiger partial charge >= 0.3 is 0 Å². The summed E-state index contributed by atoms with van der Waals surface area (Å²) < 4.78 is 32.8. The molecule has 4 aromatic rings. The van der Waals surface area contributed by atoms with Crippen LogP contribution in [0.5, 0.6) is 0 Å². The first-order valence-electron chi connectivity index (χ1n) is 9.15. The van der Waals surface area contributed by atoms with Gasteiger partial charge in [0.2, 0.25) is 11.6 Å².